The van der Waals surface area contributed by atoms with Crippen molar-refractivity contribution >= 4 is 11.9 Å². The predicted molar refractivity (Wildman–Crippen MR) is 166 cm³/mol. The quantitative estimate of drug-likeness (QED) is 0.318. The lowest BCUT2D eigenvalue weighted by molar-refractivity contribution is -0.132. The molecule has 0 aromatic heterocycles. The molecule has 5 atom stereocenters. The Labute approximate surface area is 267 Å². The molecule has 1 amide bonds. The van der Waals surface area contributed by atoms with Gasteiger partial charge in [0.2, 0.25) is 6.79 Å². The Hall–Kier alpha value is -4.79. The highest BCUT2D eigenvalue weighted by molar-refractivity contribution is 5.94. The number of phenolic OH excluding ortho intramolecular Hbond substituents is 1. The number of nitrogens with one attached hydrogen (secondary N) is 1. The van der Waals surface area contributed by atoms with Crippen molar-refractivity contribution in [3.63, 3.8) is 0 Å². The lowest BCUT2D eigenvalue weighted by Gasteiger charge is -2.60. The fourth-order valence-corrected chi connectivity index (χ4v) is 8.19. The molecule has 4 heterocycles. The van der Waals surface area contributed by atoms with Gasteiger partial charge in [-0.2, -0.15) is 5.26 Å². The van der Waals surface area contributed by atoms with E-state index in [0.29, 0.717) is 47.0 Å². The number of aromatic hydroxyl groups is 1. The molecular weight excluding hydrogens is 588 g/mol. The number of esters is 1. The molecule has 0 radical (unpaired) electrons. The standard InChI is InChI=1S/C35H36N4O7/c1-17-11-21-12-23-25(14-36)39-24(29(38(23)4)27(21)30(41)31(17)43-5)13-22-28(26(39)15-37-35(42)20-9-7-6-8-10-20)34-33(44-16-45-34)18(2)32(22)46-19(3)40/h6-11,23-26,29,41H,12-13,15-16H2,1-5H3,(H,37,42)/t23?,24-,25-,26-,29-/m0/s1. The number of phenols is 1. The number of carbonyl (C=O) groups is 2. The van der Waals surface area contributed by atoms with E-state index in [-0.39, 0.29) is 43.1 Å². The summed E-state index contributed by atoms with van der Waals surface area (Å²) in [6.07, 6.45) is 0.927. The third-order valence-corrected chi connectivity index (χ3v) is 10.0. The summed E-state index contributed by atoms with van der Waals surface area (Å²) in [5.74, 6) is 1.19. The summed E-state index contributed by atoms with van der Waals surface area (Å²) in [7, 11) is 3.53. The van der Waals surface area contributed by atoms with Crippen LogP contribution in [0.3, 0.4) is 0 Å². The maximum absolute atomic E-state index is 13.4. The number of hydrogen-bond donors (Lipinski definition) is 2. The van der Waals surface area contributed by atoms with E-state index < -0.39 is 18.1 Å². The van der Waals surface area contributed by atoms with Crippen molar-refractivity contribution < 1.29 is 33.6 Å². The number of likely N-dealkylation sites (N-methyl/N-ethyl adjacent to an activating group) is 1. The molecule has 4 aliphatic rings. The highest BCUT2D eigenvalue weighted by atomic mass is 16.7. The zero-order valence-corrected chi connectivity index (χ0v) is 26.4. The number of nitriles is 1. The number of carbonyl (C=O) groups excluding carboxylic acids is 2. The molecule has 1 unspecified atom stereocenters. The minimum atomic E-state index is -0.577. The molecule has 2 bridgehead atoms. The summed E-state index contributed by atoms with van der Waals surface area (Å²) in [5, 5.41) is 25.6. The van der Waals surface area contributed by atoms with E-state index in [0.717, 1.165) is 27.8 Å². The Bertz CT molecular complexity index is 1800. The first-order valence-electron chi connectivity index (χ1n) is 15.4. The van der Waals surface area contributed by atoms with Crippen LogP contribution in [0.15, 0.2) is 36.4 Å². The Morgan fingerprint density at radius 1 is 1.09 bits per heavy atom. The molecule has 1 fully saturated rings. The third-order valence-electron chi connectivity index (χ3n) is 10.0. The zero-order valence-electron chi connectivity index (χ0n) is 26.4. The molecule has 7 rings (SSSR count). The van der Waals surface area contributed by atoms with Crippen LogP contribution in [0, 0.1) is 25.2 Å². The first kappa shape index (κ1) is 29.9. The highest BCUT2D eigenvalue weighted by Crippen LogP contribution is 2.58. The average molecular weight is 625 g/mol. The van der Waals surface area contributed by atoms with Gasteiger partial charge in [-0.05, 0) is 57.0 Å². The maximum Gasteiger partial charge on any atom is 0.308 e. The van der Waals surface area contributed by atoms with Gasteiger partial charge in [-0.25, -0.2) is 0 Å². The van der Waals surface area contributed by atoms with Crippen LogP contribution in [0.1, 0.15) is 62.7 Å². The van der Waals surface area contributed by atoms with Gasteiger partial charge in [0, 0.05) is 53.4 Å². The van der Waals surface area contributed by atoms with Gasteiger partial charge in [-0.3, -0.25) is 19.4 Å². The van der Waals surface area contributed by atoms with E-state index in [1.807, 2.05) is 33.0 Å². The molecule has 11 nitrogen and oxygen atoms in total. The van der Waals surface area contributed by atoms with Gasteiger partial charge in [0.15, 0.2) is 23.0 Å². The van der Waals surface area contributed by atoms with Gasteiger partial charge in [-0.15, -0.1) is 0 Å². The first-order valence-corrected chi connectivity index (χ1v) is 15.4. The van der Waals surface area contributed by atoms with Gasteiger partial charge in [-0.1, -0.05) is 24.3 Å². The van der Waals surface area contributed by atoms with Crippen molar-refractivity contribution in [2.75, 3.05) is 27.5 Å². The summed E-state index contributed by atoms with van der Waals surface area (Å²) in [5.41, 5.74) is 5.20. The number of hydrogen-bond acceptors (Lipinski definition) is 10. The van der Waals surface area contributed by atoms with E-state index in [1.54, 1.807) is 31.4 Å². The monoisotopic (exact) mass is 624 g/mol. The Morgan fingerprint density at radius 2 is 1.83 bits per heavy atom. The smallest absolute Gasteiger partial charge is 0.308 e. The number of piperazine rings is 1. The van der Waals surface area contributed by atoms with Crippen LogP contribution in [0.4, 0.5) is 0 Å². The van der Waals surface area contributed by atoms with Crippen LogP contribution in [-0.2, 0) is 17.6 Å². The zero-order chi connectivity index (χ0) is 32.4. The molecule has 1 saturated heterocycles. The van der Waals surface area contributed by atoms with Crippen molar-refractivity contribution in [1.29, 1.82) is 5.26 Å². The summed E-state index contributed by atoms with van der Waals surface area (Å²) in [4.78, 5) is 30.2. The number of fused-ring (bicyclic) bond motifs is 9. The molecule has 0 aliphatic carbocycles. The number of rotatable bonds is 5. The van der Waals surface area contributed by atoms with Crippen molar-refractivity contribution in [2.45, 2.75) is 63.8 Å². The van der Waals surface area contributed by atoms with E-state index in [1.165, 1.54) is 6.92 Å². The number of benzene rings is 3. The second-order valence-electron chi connectivity index (χ2n) is 12.4. The van der Waals surface area contributed by atoms with Crippen LogP contribution >= 0.6 is 0 Å². The molecule has 3 aromatic rings. The van der Waals surface area contributed by atoms with Crippen molar-refractivity contribution in [3.8, 4) is 34.8 Å². The van der Waals surface area contributed by atoms with E-state index in [2.05, 4.69) is 21.2 Å². The SMILES string of the molecule is COc1c(C)cc2c(c1O)[C@@H]1[C@@H]3Cc4c(OC(C)=O)c(C)c5c(c4[C@H](CNC(=O)c4ccccc4)N3[C@@H](C#N)C(C2)N1C)OCO5. The minimum Gasteiger partial charge on any atom is -0.504 e. The van der Waals surface area contributed by atoms with Crippen LogP contribution in [0.5, 0.6) is 28.7 Å². The Morgan fingerprint density at radius 3 is 2.52 bits per heavy atom. The molecule has 2 N–H and O–H groups in total. The molecule has 238 valence electrons. The average Bonchev–Trinajstić information content (AvgIpc) is 3.53. The highest BCUT2D eigenvalue weighted by Gasteiger charge is 2.56. The van der Waals surface area contributed by atoms with E-state index in [9.17, 15) is 20.0 Å². The molecule has 4 aliphatic heterocycles. The van der Waals surface area contributed by atoms with E-state index >= 15 is 0 Å². The molecule has 0 spiro atoms. The third kappa shape index (κ3) is 4.39. The number of ether oxygens (including phenoxy) is 4. The number of nitrogens with zero attached hydrogens (tertiary/aromatic N) is 3. The second-order valence-corrected chi connectivity index (χ2v) is 12.4. The lowest BCUT2D eigenvalue weighted by atomic mass is 9.71. The molecule has 0 saturated carbocycles. The summed E-state index contributed by atoms with van der Waals surface area (Å²) in [6.45, 7) is 5.24. The number of amides is 1. The largest absolute Gasteiger partial charge is 0.504 e. The molecule has 46 heavy (non-hydrogen) atoms. The second kappa shape index (κ2) is 11.2. The lowest BCUT2D eigenvalue weighted by Crippen LogP contribution is -2.68. The van der Waals surface area contributed by atoms with Gasteiger partial charge in [0.1, 0.15) is 11.8 Å². The van der Waals surface area contributed by atoms with Crippen molar-refractivity contribution in [3.05, 3.63) is 75.3 Å². The fourth-order valence-electron chi connectivity index (χ4n) is 8.19. The van der Waals surface area contributed by atoms with Crippen LogP contribution in [0.25, 0.3) is 0 Å². The Kier molecular flexibility index (Phi) is 7.30. The topological polar surface area (TPSA) is 134 Å². The van der Waals surface area contributed by atoms with Crippen molar-refractivity contribution in [2.24, 2.45) is 0 Å². The molecular formula is C35H36N4O7. The number of aryl methyl sites for hydroxylation is 1. The van der Waals surface area contributed by atoms with E-state index in [4.69, 9.17) is 18.9 Å². The van der Waals surface area contributed by atoms with Crippen LogP contribution < -0.4 is 24.3 Å². The van der Waals surface area contributed by atoms with Gasteiger partial charge in [0.25, 0.3) is 5.91 Å². The predicted octanol–water partition coefficient (Wildman–Crippen LogP) is 3.87. The van der Waals surface area contributed by atoms with Crippen molar-refractivity contribution in [1.82, 2.24) is 15.1 Å². The van der Waals surface area contributed by atoms with Gasteiger partial charge < -0.3 is 29.4 Å². The molecule has 3 aromatic carbocycles. The maximum atomic E-state index is 13.4. The summed E-state index contributed by atoms with van der Waals surface area (Å²) in [6, 6.07) is 11.6. The van der Waals surface area contributed by atoms with Gasteiger partial charge in [0.05, 0.1) is 25.3 Å². The first-order chi connectivity index (χ1) is 22.2. The number of methoxy groups -OCH3 is 1. The summed E-state index contributed by atoms with van der Waals surface area (Å²) >= 11 is 0. The van der Waals surface area contributed by atoms with Crippen LogP contribution in [0.2, 0.25) is 0 Å². The Balaban J connectivity index is 1.44. The summed E-state index contributed by atoms with van der Waals surface area (Å²) < 4.78 is 23.5. The van der Waals surface area contributed by atoms with Crippen LogP contribution in [-0.4, -0.2) is 72.4 Å². The molecule has 11 heteroatoms. The minimum absolute atomic E-state index is 0.00524. The fraction of sp³-hybridized carbons (Fsp3) is 0.400. The normalized spacial score (nSPS) is 24.2. The van der Waals surface area contributed by atoms with Gasteiger partial charge >= 0.3 is 5.97 Å².